The summed E-state index contributed by atoms with van der Waals surface area (Å²) in [6.45, 7) is 0. The summed E-state index contributed by atoms with van der Waals surface area (Å²) in [6, 6.07) is 36.5. The summed E-state index contributed by atoms with van der Waals surface area (Å²) < 4.78 is 4.51. The van der Waals surface area contributed by atoms with Gasteiger partial charge < -0.3 is 0 Å². The molecule has 170 valence electrons. The highest BCUT2D eigenvalue weighted by Gasteiger charge is 2.20. The summed E-state index contributed by atoms with van der Waals surface area (Å²) in [5.74, 6) is 1.06. The first-order valence-electron chi connectivity index (χ1n) is 12.2. The van der Waals surface area contributed by atoms with Crippen molar-refractivity contribution in [1.82, 2.24) is 14.0 Å². The predicted octanol–water partition coefficient (Wildman–Crippen LogP) is 7.77. The predicted molar refractivity (Wildman–Crippen MR) is 148 cm³/mol. The normalized spacial score (nSPS) is 13.9. The molecular formula is C33H23N3. The Balaban J connectivity index is 1.40. The van der Waals surface area contributed by atoms with Crippen molar-refractivity contribution in [3.05, 3.63) is 156 Å². The lowest BCUT2D eigenvalue weighted by molar-refractivity contribution is 0.974. The number of fused-ring (bicyclic) bond motifs is 5. The molecule has 1 aliphatic carbocycles. The number of aromatic nitrogens is 3. The lowest BCUT2D eigenvalue weighted by Crippen LogP contribution is -2.04. The first kappa shape index (κ1) is 20.5. The number of imidazole rings is 2. The van der Waals surface area contributed by atoms with E-state index in [4.69, 9.17) is 4.98 Å². The molecule has 0 radical (unpaired) electrons. The Morgan fingerprint density at radius 2 is 1.33 bits per heavy atom. The summed E-state index contributed by atoms with van der Waals surface area (Å²) in [5.41, 5.74) is 12.5. The van der Waals surface area contributed by atoms with E-state index in [-0.39, 0.29) is 5.92 Å². The van der Waals surface area contributed by atoms with Crippen LogP contribution in [0, 0.1) is 0 Å². The van der Waals surface area contributed by atoms with Crippen molar-refractivity contribution < 1.29 is 0 Å². The van der Waals surface area contributed by atoms with Crippen LogP contribution < -0.4 is 0 Å². The second-order valence-corrected chi connectivity index (χ2v) is 9.02. The molecule has 0 saturated heterocycles. The van der Waals surface area contributed by atoms with Gasteiger partial charge in [-0.25, -0.2) is 4.98 Å². The van der Waals surface area contributed by atoms with Crippen molar-refractivity contribution in [2.75, 3.05) is 0 Å². The molecule has 0 amide bonds. The molecule has 1 aliphatic rings. The summed E-state index contributed by atoms with van der Waals surface area (Å²) in [7, 11) is 0. The molecule has 7 rings (SSSR count). The standard InChI is InChI=1S/C33H23N3/c1-2-5-13-24(12-4-1)32(25-14-6-3-7-15-25)26-20-22-27(23-21-26)35-30-18-10-11-19-31(30)36-29-17-9-8-16-28(29)34-33(35)36/h1,3-23,32H. The van der Waals surface area contributed by atoms with E-state index < -0.39 is 0 Å². The number of hydrogen-bond acceptors (Lipinski definition) is 1. The number of allylic oxidation sites excluding steroid dienone is 5. The van der Waals surface area contributed by atoms with Gasteiger partial charge in [-0.15, -0.1) is 5.73 Å². The van der Waals surface area contributed by atoms with E-state index in [2.05, 4.69) is 130 Å². The van der Waals surface area contributed by atoms with Gasteiger partial charge in [0.15, 0.2) is 0 Å². The number of para-hydroxylation sites is 4. The third-order valence-electron chi connectivity index (χ3n) is 6.91. The maximum atomic E-state index is 5.01. The van der Waals surface area contributed by atoms with E-state index in [0.717, 1.165) is 33.5 Å². The van der Waals surface area contributed by atoms with Crippen molar-refractivity contribution in [3.63, 3.8) is 0 Å². The zero-order chi connectivity index (χ0) is 23.9. The molecule has 0 aliphatic heterocycles. The molecule has 36 heavy (non-hydrogen) atoms. The fourth-order valence-electron chi connectivity index (χ4n) is 5.31. The van der Waals surface area contributed by atoms with E-state index in [9.17, 15) is 0 Å². The van der Waals surface area contributed by atoms with E-state index in [1.54, 1.807) is 0 Å². The lowest BCUT2D eigenvalue weighted by atomic mass is 9.84. The molecule has 0 N–H and O–H groups in total. The van der Waals surface area contributed by atoms with Crippen LogP contribution in [0.5, 0.6) is 0 Å². The fraction of sp³-hybridized carbons (Fsp3) is 0.0303. The van der Waals surface area contributed by atoms with Crippen molar-refractivity contribution in [1.29, 1.82) is 0 Å². The minimum absolute atomic E-state index is 0.136. The van der Waals surface area contributed by atoms with Crippen molar-refractivity contribution in [3.8, 4) is 5.69 Å². The summed E-state index contributed by atoms with van der Waals surface area (Å²) in [5, 5.41) is 0. The van der Waals surface area contributed by atoms with E-state index in [1.807, 2.05) is 18.2 Å². The Bertz CT molecular complexity index is 1860. The minimum atomic E-state index is 0.136. The zero-order valence-electron chi connectivity index (χ0n) is 19.6. The third-order valence-corrected chi connectivity index (χ3v) is 6.91. The molecule has 0 fully saturated rings. The second kappa shape index (κ2) is 8.42. The van der Waals surface area contributed by atoms with Crippen molar-refractivity contribution in [2.45, 2.75) is 5.92 Å². The monoisotopic (exact) mass is 461 g/mol. The van der Waals surface area contributed by atoms with Crippen LogP contribution in [0.4, 0.5) is 0 Å². The van der Waals surface area contributed by atoms with Gasteiger partial charge in [-0.3, -0.25) is 8.97 Å². The Morgan fingerprint density at radius 3 is 2.17 bits per heavy atom. The number of benzene rings is 4. The molecule has 6 aromatic rings. The van der Waals surface area contributed by atoms with Gasteiger partial charge >= 0.3 is 0 Å². The van der Waals surface area contributed by atoms with Crippen LogP contribution >= 0.6 is 0 Å². The third kappa shape index (κ3) is 3.26. The SMILES string of the molecule is C1=CC=CC(C(c2ccccc2)c2ccc(-n3c4ccccc4n4c5ccccc5nc34)cc2)=CC=1. The van der Waals surface area contributed by atoms with Crippen LogP contribution in [-0.4, -0.2) is 14.0 Å². The molecule has 2 heterocycles. The molecular weight excluding hydrogens is 438 g/mol. The number of hydrogen-bond donors (Lipinski definition) is 0. The summed E-state index contributed by atoms with van der Waals surface area (Å²) in [4.78, 5) is 5.01. The van der Waals surface area contributed by atoms with Gasteiger partial charge in [-0.2, -0.15) is 0 Å². The second-order valence-electron chi connectivity index (χ2n) is 9.02. The smallest absolute Gasteiger partial charge is 0.220 e. The minimum Gasteiger partial charge on any atom is -0.278 e. The van der Waals surface area contributed by atoms with Crippen LogP contribution in [0.2, 0.25) is 0 Å². The van der Waals surface area contributed by atoms with Crippen LogP contribution in [0.25, 0.3) is 33.5 Å². The van der Waals surface area contributed by atoms with Crippen molar-refractivity contribution in [2.24, 2.45) is 0 Å². The highest BCUT2D eigenvalue weighted by Crippen LogP contribution is 2.35. The number of nitrogens with zero attached hydrogens (tertiary/aromatic N) is 3. The Labute approximate surface area is 209 Å². The van der Waals surface area contributed by atoms with E-state index in [1.165, 1.54) is 16.7 Å². The molecule has 3 nitrogen and oxygen atoms in total. The first-order chi connectivity index (χ1) is 17.9. The van der Waals surface area contributed by atoms with Gasteiger partial charge in [0.05, 0.1) is 22.1 Å². The zero-order valence-corrected chi connectivity index (χ0v) is 19.6. The summed E-state index contributed by atoms with van der Waals surface area (Å²) in [6.07, 6.45) is 10.3. The molecule has 0 bridgehead atoms. The number of rotatable bonds is 4. The fourth-order valence-corrected chi connectivity index (χ4v) is 5.31. The van der Waals surface area contributed by atoms with E-state index in [0.29, 0.717) is 0 Å². The highest BCUT2D eigenvalue weighted by molar-refractivity contribution is 5.92. The van der Waals surface area contributed by atoms with Gasteiger partial charge in [-0.1, -0.05) is 85.0 Å². The molecule has 4 aromatic carbocycles. The molecule has 0 saturated carbocycles. The van der Waals surface area contributed by atoms with Crippen LogP contribution in [-0.2, 0) is 0 Å². The Hall–Kier alpha value is -4.85. The maximum Gasteiger partial charge on any atom is 0.220 e. The maximum absolute atomic E-state index is 5.01. The first-order valence-corrected chi connectivity index (χ1v) is 12.2. The Kier molecular flexibility index (Phi) is 4.80. The highest BCUT2D eigenvalue weighted by atomic mass is 15.2. The van der Waals surface area contributed by atoms with Gasteiger partial charge in [0.25, 0.3) is 0 Å². The van der Waals surface area contributed by atoms with Gasteiger partial charge in [0.2, 0.25) is 5.78 Å². The molecule has 1 atom stereocenters. The van der Waals surface area contributed by atoms with E-state index >= 15 is 0 Å². The van der Waals surface area contributed by atoms with Gasteiger partial charge in [0, 0.05) is 11.6 Å². The largest absolute Gasteiger partial charge is 0.278 e. The molecule has 2 aromatic heterocycles. The summed E-state index contributed by atoms with van der Waals surface area (Å²) >= 11 is 0. The Morgan fingerprint density at radius 1 is 0.639 bits per heavy atom. The van der Waals surface area contributed by atoms with Gasteiger partial charge in [0.1, 0.15) is 0 Å². The average Bonchev–Trinajstić information content (AvgIpc) is 3.32. The van der Waals surface area contributed by atoms with Crippen molar-refractivity contribution >= 4 is 27.8 Å². The van der Waals surface area contributed by atoms with Crippen LogP contribution in [0.15, 0.2) is 145 Å². The van der Waals surface area contributed by atoms with Gasteiger partial charge in [-0.05, 0) is 65.3 Å². The molecule has 0 spiro atoms. The average molecular weight is 462 g/mol. The lowest BCUT2D eigenvalue weighted by Gasteiger charge is -2.20. The molecule has 3 heteroatoms. The quantitative estimate of drug-likeness (QED) is 0.246. The topological polar surface area (TPSA) is 22.2 Å². The van der Waals surface area contributed by atoms with Crippen LogP contribution in [0.3, 0.4) is 0 Å². The molecule has 1 unspecified atom stereocenters. The van der Waals surface area contributed by atoms with Crippen LogP contribution in [0.1, 0.15) is 17.0 Å².